The second-order valence-electron chi connectivity index (χ2n) is 11.0. The highest BCUT2D eigenvalue weighted by Crippen LogP contribution is 2.34. The molecule has 218 valence electrons. The lowest BCUT2D eigenvalue weighted by molar-refractivity contribution is 0.0873. The summed E-state index contributed by atoms with van der Waals surface area (Å²) < 4.78 is 30.5. The minimum atomic E-state index is -1.29. The molecule has 0 unspecified atom stereocenters. The summed E-state index contributed by atoms with van der Waals surface area (Å²) in [5.41, 5.74) is 2.56. The summed E-state index contributed by atoms with van der Waals surface area (Å²) in [7, 11) is 1.97. The summed E-state index contributed by atoms with van der Waals surface area (Å²) in [6.45, 7) is 7.72. The van der Waals surface area contributed by atoms with Crippen LogP contribution in [0.15, 0.2) is 71.5 Å². The number of hydrogen-bond donors (Lipinski definition) is 1. The van der Waals surface area contributed by atoms with Crippen molar-refractivity contribution in [2.75, 3.05) is 20.8 Å². The summed E-state index contributed by atoms with van der Waals surface area (Å²) in [5, 5.41) is 10.7. The Labute approximate surface area is 242 Å². The van der Waals surface area contributed by atoms with E-state index in [9.17, 15) is 9.90 Å². The van der Waals surface area contributed by atoms with E-state index >= 15 is 0 Å². The molecule has 0 amide bonds. The standard InChI is InChI=1S/C32H39NO7Si/c1-36-27-10-6-23(7-11-27)20-39-30-17-25-16-26(19-34)32(35)33(22-38-14-15-41(3,4)5)29(25)18-31(30)40-21-24-8-12-28(37-2)13-9-24/h6-13,16-18,34H,14-15,19-22H2,1-5H3. The molecule has 1 aromatic heterocycles. The molecule has 1 heterocycles. The van der Waals surface area contributed by atoms with Gasteiger partial charge in [-0.25, -0.2) is 0 Å². The van der Waals surface area contributed by atoms with Crippen molar-refractivity contribution in [1.29, 1.82) is 0 Å². The van der Waals surface area contributed by atoms with E-state index in [1.54, 1.807) is 24.9 Å². The molecule has 0 radical (unpaired) electrons. The van der Waals surface area contributed by atoms with E-state index in [0.29, 0.717) is 42.4 Å². The highest BCUT2D eigenvalue weighted by molar-refractivity contribution is 6.76. The van der Waals surface area contributed by atoms with Gasteiger partial charge in [0.15, 0.2) is 11.5 Å². The third-order valence-electron chi connectivity index (χ3n) is 6.73. The fraction of sp³-hybridized carbons (Fsp3) is 0.344. The molecule has 8 nitrogen and oxygen atoms in total. The molecule has 3 aromatic carbocycles. The second-order valence-corrected chi connectivity index (χ2v) is 16.7. The van der Waals surface area contributed by atoms with Gasteiger partial charge in [-0.15, -0.1) is 0 Å². The molecule has 0 spiro atoms. The number of pyridine rings is 1. The smallest absolute Gasteiger partial charge is 0.258 e. The predicted octanol–water partition coefficient (Wildman–Crippen LogP) is 5.98. The average Bonchev–Trinajstić information content (AvgIpc) is 2.97. The van der Waals surface area contributed by atoms with Crippen LogP contribution in [0.1, 0.15) is 16.7 Å². The van der Waals surface area contributed by atoms with Crippen molar-refractivity contribution in [2.24, 2.45) is 0 Å². The molecule has 4 aromatic rings. The largest absolute Gasteiger partial charge is 0.497 e. The van der Waals surface area contributed by atoms with Crippen molar-refractivity contribution in [3.8, 4) is 23.0 Å². The van der Waals surface area contributed by atoms with E-state index in [-0.39, 0.29) is 18.9 Å². The number of aromatic nitrogens is 1. The van der Waals surface area contributed by atoms with Gasteiger partial charge < -0.3 is 28.8 Å². The first-order chi connectivity index (χ1) is 19.7. The van der Waals surface area contributed by atoms with Crippen LogP contribution in [0.25, 0.3) is 10.9 Å². The average molecular weight is 578 g/mol. The van der Waals surface area contributed by atoms with Crippen LogP contribution in [-0.4, -0.2) is 38.6 Å². The first kappa shape index (κ1) is 30.2. The first-order valence-electron chi connectivity index (χ1n) is 13.6. The summed E-state index contributed by atoms with van der Waals surface area (Å²) in [5.74, 6) is 2.55. The minimum Gasteiger partial charge on any atom is -0.497 e. The maximum atomic E-state index is 13.2. The fourth-order valence-corrected chi connectivity index (χ4v) is 4.97. The molecule has 4 rings (SSSR count). The van der Waals surface area contributed by atoms with Gasteiger partial charge in [-0.2, -0.15) is 0 Å². The summed E-state index contributed by atoms with van der Waals surface area (Å²) >= 11 is 0. The quantitative estimate of drug-likeness (QED) is 0.146. The van der Waals surface area contributed by atoms with Crippen LogP contribution in [0.5, 0.6) is 23.0 Å². The van der Waals surface area contributed by atoms with Crippen LogP contribution in [0.3, 0.4) is 0 Å². The molecule has 0 fully saturated rings. The zero-order valence-electron chi connectivity index (χ0n) is 24.4. The first-order valence-corrected chi connectivity index (χ1v) is 17.3. The number of methoxy groups -OCH3 is 2. The number of ether oxygens (including phenoxy) is 5. The third-order valence-corrected chi connectivity index (χ3v) is 8.43. The number of nitrogens with zero attached hydrogens (tertiary/aromatic N) is 1. The fourth-order valence-electron chi connectivity index (χ4n) is 4.21. The van der Waals surface area contributed by atoms with E-state index in [1.807, 2.05) is 60.7 Å². The molecule has 0 atom stereocenters. The second kappa shape index (κ2) is 13.7. The lowest BCUT2D eigenvalue weighted by Gasteiger charge is -2.19. The Hall–Kier alpha value is -3.79. The third kappa shape index (κ3) is 8.13. The van der Waals surface area contributed by atoms with Crippen LogP contribution in [0, 0.1) is 0 Å². The van der Waals surface area contributed by atoms with E-state index in [4.69, 9.17) is 23.7 Å². The molecule has 41 heavy (non-hydrogen) atoms. The Balaban J connectivity index is 1.68. The van der Waals surface area contributed by atoms with Crippen molar-refractivity contribution >= 4 is 19.0 Å². The van der Waals surface area contributed by atoms with Gasteiger partial charge >= 0.3 is 0 Å². The number of fused-ring (bicyclic) bond motifs is 1. The van der Waals surface area contributed by atoms with Crippen molar-refractivity contribution in [3.05, 3.63) is 93.8 Å². The number of hydrogen-bond acceptors (Lipinski definition) is 7. The highest BCUT2D eigenvalue weighted by atomic mass is 28.3. The number of aliphatic hydroxyl groups excluding tert-OH is 1. The lowest BCUT2D eigenvalue weighted by atomic mass is 10.1. The summed E-state index contributed by atoms with van der Waals surface area (Å²) in [4.78, 5) is 13.2. The molecule has 1 N–H and O–H groups in total. The van der Waals surface area contributed by atoms with Gasteiger partial charge in [0.25, 0.3) is 5.56 Å². The van der Waals surface area contributed by atoms with Gasteiger partial charge in [0.1, 0.15) is 31.4 Å². The van der Waals surface area contributed by atoms with Crippen LogP contribution in [-0.2, 0) is 31.3 Å². The molecule has 0 aliphatic heterocycles. The van der Waals surface area contributed by atoms with Gasteiger partial charge in [-0.1, -0.05) is 43.9 Å². The number of rotatable bonds is 14. The SMILES string of the molecule is COc1ccc(COc2cc3cc(CO)c(=O)n(COCC[Si](C)(C)C)c3cc2OCc2ccc(OC)cc2)cc1. The molecule has 0 saturated heterocycles. The molecule has 0 aliphatic carbocycles. The van der Waals surface area contributed by atoms with Crippen LogP contribution in [0.2, 0.25) is 25.7 Å². The van der Waals surface area contributed by atoms with E-state index < -0.39 is 8.07 Å². The van der Waals surface area contributed by atoms with Crippen LogP contribution < -0.4 is 24.5 Å². The Bertz CT molecular complexity index is 1490. The zero-order valence-corrected chi connectivity index (χ0v) is 25.4. The van der Waals surface area contributed by atoms with E-state index in [1.165, 1.54) is 0 Å². The van der Waals surface area contributed by atoms with Crippen LogP contribution >= 0.6 is 0 Å². The Morgan fingerprint density at radius 2 is 1.32 bits per heavy atom. The summed E-state index contributed by atoms with van der Waals surface area (Å²) in [6, 6.07) is 21.6. The summed E-state index contributed by atoms with van der Waals surface area (Å²) in [6.07, 6.45) is 0. The zero-order chi connectivity index (χ0) is 29.4. The van der Waals surface area contributed by atoms with Gasteiger partial charge in [-0.05, 0) is 53.6 Å². The topological polar surface area (TPSA) is 88.4 Å². The highest BCUT2D eigenvalue weighted by Gasteiger charge is 2.17. The van der Waals surface area contributed by atoms with Gasteiger partial charge in [0.2, 0.25) is 0 Å². The van der Waals surface area contributed by atoms with Gasteiger partial charge in [0.05, 0.1) is 26.3 Å². The molecular formula is C32H39NO7Si. The van der Waals surface area contributed by atoms with Crippen LogP contribution in [0.4, 0.5) is 0 Å². The van der Waals surface area contributed by atoms with Crippen molar-refractivity contribution < 1.29 is 28.8 Å². The Morgan fingerprint density at radius 3 is 1.80 bits per heavy atom. The molecular weight excluding hydrogens is 538 g/mol. The van der Waals surface area contributed by atoms with E-state index in [2.05, 4.69) is 19.6 Å². The molecule has 0 saturated carbocycles. The molecule has 9 heteroatoms. The van der Waals surface area contributed by atoms with Gasteiger partial charge in [-0.3, -0.25) is 9.36 Å². The minimum absolute atomic E-state index is 0.0810. The molecule has 0 bridgehead atoms. The number of benzene rings is 3. The predicted molar refractivity (Wildman–Crippen MR) is 163 cm³/mol. The Kier molecular flexibility index (Phi) is 10.1. The maximum absolute atomic E-state index is 13.2. The van der Waals surface area contributed by atoms with E-state index in [0.717, 1.165) is 34.1 Å². The normalized spacial score (nSPS) is 11.5. The monoisotopic (exact) mass is 577 g/mol. The molecule has 0 aliphatic rings. The van der Waals surface area contributed by atoms with Crippen molar-refractivity contribution in [2.45, 2.75) is 52.2 Å². The van der Waals surface area contributed by atoms with Crippen molar-refractivity contribution in [3.63, 3.8) is 0 Å². The maximum Gasteiger partial charge on any atom is 0.258 e. The van der Waals surface area contributed by atoms with Crippen molar-refractivity contribution in [1.82, 2.24) is 4.57 Å². The number of aliphatic hydroxyl groups is 1. The Morgan fingerprint density at radius 1 is 0.780 bits per heavy atom. The lowest BCUT2D eigenvalue weighted by Crippen LogP contribution is -2.27. The van der Waals surface area contributed by atoms with Gasteiger partial charge in [0, 0.05) is 31.7 Å².